The van der Waals surface area contributed by atoms with Gasteiger partial charge in [0.1, 0.15) is 6.33 Å². The average molecular weight is 276 g/mol. The maximum atomic E-state index is 4.56. The average Bonchev–Trinajstić information content (AvgIpc) is 3.15. The molecule has 0 saturated carbocycles. The molecule has 4 rings (SSSR count). The predicted octanol–water partition coefficient (Wildman–Crippen LogP) is 2.29. The molecule has 0 spiro atoms. The van der Waals surface area contributed by atoms with Gasteiger partial charge in [-0.05, 0) is 31.2 Å². The summed E-state index contributed by atoms with van der Waals surface area (Å²) in [5.41, 5.74) is 4.59. The van der Waals surface area contributed by atoms with E-state index in [1.54, 1.807) is 10.8 Å². The normalized spacial score (nSPS) is 11.1. The van der Waals surface area contributed by atoms with Gasteiger partial charge >= 0.3 is 0 Å². The van der Waals surface area contributed by atoms with Crippen LogP contribution in [0.15, 0.2) is 55.4 Å². The van der Waals surface area contributed by atoms with Gasteiger partial charge in [0.2, 0.25) is 0 Å². The largest absolute Gasteiger partial charge is 0.296 e. The van der Waals surface area contributed by atoms with Crippen LogP contribution in [-0.4, -0.2) is 29.1 Å². The minimum atomic E-state index is 0.814. The molecule has 0 aliphatic rings. The van der Waals surface area contributed by atoms with Gasteiger partial charge in [-0.3, -0.25) is 9.55 Å². The molecule has 0 aromatic carbocycles. The first-order chi connectivity index (χ1) is 10.3. The summed E-state index contributed by atoms with van der Waals surface area (Å²) in [5.74, 6) is 0. The van der Waals surface area contributed by atoms with E-state index in [-0.39, 0.29) is 0 Å². The van der Waals surface area contributed by atoms with E-state index in [1.807, 2.05) is 54.2 Å². The van der Waals surface area contributed by atoms with Crippen LogP contribution < -0.4 is 0 Å². The molecule has 4 aromatic heterocycles. The Hall–Kier alpha value is -3.02. The highest BCUT2D eigenvalue weighted by Gasteiger charge is 2.09. The van der Waals surface area contributed by atoms with Gasteiger partial charge in [0, 0.05) is 5.69 Å². The number of nitrogens with zero attached hydrogens (tertiary/aromatic N) is 6. The van der Waals surface area contributed by atoms with Crippen molar-refractivity contribution >= 4 is 5.65 Å². The Morgan fingerprint density at radius 1 is 1.10 bits per heavy atom. The molecule has 6 heteroatoms. The van der Waals surface area contributed by atoms with Crippen LogP contribution in [0.3, 0.4) is 0 Å². The summed E-state index contributed by atoms with van der Waals surface area (Å²) in [7, 11) is 0. The number of fused-ring (bicyclic) bond motifs is 1. The number of hydrogen-bond donors (Lipinski definition) is 0. The SMILES string of the molecule is Cc1cccc(-c2cncn2-c2ccc3ncnn3c2)n1. The molecule has 0 atom stereocenters. The van der Waals surface area contributed by atoms with Crippen LogP contribution in [0.4, 0.5) is 0 Å². The lowest BCUT2D eigenvalue weighted by atomic mass is 10.2. The number of hydrogen-bond acceptors (Lipinski definition) is 4. The zero-order chi connectivity index (χ0) is 14.2. The second-order valence-corrected chi connectivity index (χ2v) is 4.76. The summed E-state index contributed by atoms with van der Waals surface area (Å²) in [4.78, 5) is 13.0. The molecule has 6 nitrogen and oxygen atoms in total. The van der Waals surface area contributed by atoms with Crippen molar-refractivity contribution in [2.75, 3.05) is 0 Å². The van der Waals surface area contributed by atoms with Gasteiger partial charge in [0.25, 0.3) is 0 Å². The first-order valence-corrected chi connectivity index (χ1v) is 6.57. The minimum absolute atomic E-state index is 0.814. The Morgan fingerprint density at radius 3 is 2.95 bits per heavy atom. The van der Waals surface area contributed by atoms with E-state index in [0.717, 1.165) is 28.4 Å². The molecular formula is C15H12N6. The highest BCUT2D eigenvalue weighted by molar-refractivity contribution is 5.58. The van der Waals surface area contributed by atoms with Crippen LogP contribution in [0.25, 0.3) is 22.7 Å². The summed E-state index contributed by atoms with van der Waals surface area (Å²) in [5, 5.41) is 4.16. The van der Waals surface area contributed by atoms with Crippen molar-refractivity contribution in [2.24, 2.45) is 0 Å². The number of imidazole rings is 1. The molecule has 0 unspecified atom stereocenters. The Morgan fingerprint density at radius 2 is 2.05 bits per heavy atom. The van der Waals surface area contributed by atoms with Crippen molar-refractivity contribution in [3.05, 3.63) is 61.1 Å². The van der Waals surface area contributed by atoms with Crippen LogP contribution in [0, 0.1) is 6.92 Å². The van der Waals surface area contributed by atoms with Crippen molar-refractivity contribution < 1.29 is 0 Å². The van der Waals surface area contributed by atoms with Crippen LogP contribution in [0.5, 0.6) is 0 Å². The topological polar surface area (TPSA) is 60.9 Å². The van der Waals surface area contributed by atoms with E-state index in [4.69, 9.17) is 0 Å². The molecule has 0 bridgehead atoms. The molecule has 0 aliphatic heterocycles. The quantitative estimate of drug-likeness (QED) is 0.563. The first-order valence-electron chi connectivity index (χ1n) is 6.57. The lowest BCUT2D eigenvalue weighted by Crippen LogP contribution is -1.99. The van der Waals surface area contributed by atoms with Crippen LogP contribution in [0.2, 0.25) is 0 Å². The summed E-state index contributed by atoms with van der Waals surface area (Å²) in [6, 6.07) is 9.87. The van der Waals surface area contributed by atoms with Crippen LogP contribution >= 0.6 is 0 Å². The summed E-state index contributed by atoms with van der Waals surface area (Å²) in [6.07, 6.45) is 7.05. The van der Waals surface area contributed by atoms with E-state index >= 15 is 0 Å². The maximum Gasteiger partial charge on any atom is 0.155 e. The molecule has 0 aliphatic carbocycles. The first kappa shape index (κ1) is 11.8. The summed E-state index contributed by atoms with van der Waals surface area (Å²) >= 11 is 0. The third-order valence-electron chi connectivity index (χ3n) is 3.33. The van der Waals surface area contributed by atoms with Gasteiger partial charge < -0.3 is 0 Å². The zero-order valence-corrected chi connectivity index (χ0v) is 11.4. The molecule has 0 saturated heterocycles. The van der Waals surface area contributed by atoms with Gasteiger partial charge in [0.05, 0.1) is 35.8 Å². The van der Waals surface area contributed by atoms with Gasteiger partial charge in [-0.25, -0.2) is 14.5 Å². The van der Waals surface area contributed by atoms with E-state index in [2.05, 4.69) is 20.1 Å². The predicted molar refractivity (Wildman–Crippen MR) is 78.1 cm³/mol. The standard InChI is InChI=1S/C15H12N6/c1-11-3-2-4-13(19-11)14-7-16-10-20(14)12-5-6-15-17-9-18-21(15)8-12/h2-10H,1H3. The summed E-state index contributed by atoms with van der Waals surface area (Å²) < 4.78 is 3.73. The molecule has 0 amide bonds. The van der Waals surface area contributed by atoms with Gasteiger partial charge in [-0.15, -0.1) is 0 Å². The van der Waals surface area contributed by atoms with Gasteiger partial charge in [-0.1, -0.05) is 6.07 Å². The van der Waals surface area contributed by atoms with Crippen LogP contribution in [-0.2, 0) is 0 Å². The minimum Gasteiger partial charge on any atom is -0.296 e. The second-order valence-electron chi connectivity index (χ2n) is 4.76. The Balaban J connectivity index is 1.88. The monoisotopic (exact) mass is 276 g/mol. The smallest absolute Gasteiger partial charge is 0.155 e. The maximum absolute atomic E-state index is 4.56. The van der Waals surface area contributed by atoms with Crippen molar-refractivity contribution in [3.8, 4) is 17.1 Å². The molecule has 4 heterocycles. The summed E-state index contributed by atoms with van der Waals surface area (Å²) in [6.45, 7) is 1.98. The number of pyridine rings is 2. The van der Waals surface area contributed by atoms with Gasteiger partial charge in [-0.2, -0.15) is 5.10 Å². The fourth-order valence-electron chi connectivity index (χ4n) is 2.32. The van der Waals surface area contributed by atoms with Crippen molar-refractivity contribution in [2.45, 2.75) is 6.92 Å². The lowest BCUT2D eigenvalue weighted by molar-refractivity contribution is 0.932. The molecule has 0 radical (unpaired) electrons. The van der Waals surface area contributed by atoms with Crippen molar-refractivity contribution in [1.29, 1.82) is 0 Å². The fraction of sp³-hybridized carbons (Fsp3) is 0.0667. The van der Waals surface area contributed by atoms with Crippen molar-refractivity contribution in [1.82, 2.24) is 29.1 Å². The third-order valence-corrected chi connectivity index (χ3v) is 3.33. The third kappa shape index (κ3) is 1.97. The zero-order valence-electron chi connectivity index (χ0n) is 11.4. The van der Waals surface area contributed by atoms with E-state index in [9.17, 15) is 0 Å². The Labute approximate surface area is 120 Å². The number of aryl methyl sites for hydroxylation is 1. The molecule has 0 N–H and O–H groups in total. The molecular weight excluding hydrogens is 264 g/mol. The van der Waals surface area contributed by atoms with E-state index < -0.39 is 0 Å². The van der Waals surface area contributed by atoms with Crippen LogP contribution in [0.1, 0.15) is 5.69 Å². The highest BCUT2D eigenvalue weighted by Crippen LogP contribution is 2.21. The number of rotatable bonds is 2. The van der Waals surface area contributed by atoms with Gasteiger partial charge in [0.15, 0.2) is 5.65 Å². The van der Waals surface area contributed by atoms with Crippen molar-refractivity contribution in [3.63, 3.8) is 0 Å². The Kier molecular flexibility index (Phi) is 2.53. The fourth-order valence-corrected chi connectivity index (χ4v) is 2.32. The molecule has 21 heavy (non-hydrogen) atoms. The Bertz CT molecular complexity index is 920. The van der Waals surface area contributed by atoms with E-state index in [1.165, 1.54) is 6.33 Å². The molecule has 102 valence electrons. The van der Waals surface area contributed by atoms with E-state index in [0.29, 0.717) is 0 Å². The lowest BCUT2D eigenvalue weighted by Gasteiger charge is -2.08. The molecule has 0 fully saturated rings. The molecule has 4 aromatic rings. The highest BCUT2D eigenvalue weighted by atomic mass is 15.3. The number of aromatic nitrogens is 6. The second kappa shape index (κ2) is 4.52.